The van der Waals surface area contributed by atoms with Crippen molar-refractivity contribution in [2.75, 3.05) is 69.7 Å². The fourth-order valence-electron chi connectivity index (χ4n) is 5.45. The Kier molecular flexibility index (Phi) is 10.1. The van der Waals surface area contributed by atoms with Gasteiger partial charge in [-0.05, 0) is 69.2 Å². The zero-order valence-corrected chi connectivity index (χ0v) is 25.3. The molecule has 3 aromatic rings. The molecule has 0 amide bonds. The molecule has 220 valence electrons. The number of hydrogen-bond acceptors (Lipinski definition) is 10. The van der Waals surface area contributed by atoms with E-state index in [0.29, 0.717) is 29.0 Å². The predicted molar refractivity (Wildman–Crippen MR) is 164 cm³/mol. The second-order valence-electron chi connectivity index (χ2n) is 11.0. The van der Waals surface area contributed by atoms with Crippen molar-refractivity contribution < 1.29 is 9.53 Å². The van der Waals surface area contributed by atoms with E-state index >= 15 is 0 Å². The molecule has 41 heavy (non-hydrogen) atoms. The lowest BCUT2D eigenvalue weighted by molar-refractivity contribution is -0.116. The largest absolute Gasteiger partial charge is 0.490 e. The van der Waals surface area contributed by atoms with Crippen LogP contribution in [0.25, 0.3) is 0 Å². The van der Waals surface area contributed by atoms with Crippen molar-refractivity contribution in [2.45, 2.75) is 56.0 Å². The van der Waals surface area contributed by atoms with E-state index in [0.717, 1.165) is 61.2 Å². The third-order valence-corrected chi connectivity index (χ3v) is 8.55. The van der Waals surface area contributed by atoms with E-state index in [-0.39, 0.29) is 5.78 Å². The fourth-order valence-corrected chi connectivity index (χ4v) is 6.20. The molecule has 0 saturated carbocycles. The highest BCUT2D eigenvalue weighted by Crippen LogP contribution is 2.38. The maximum atomic E-state index is 11.5. The molecule has 0 atom stereocenters. The minimum Gasteiger partial charge on any atom is -0.490 e. The number of carbonyl (C=O) groups is 1. The Balaban J connectivity index is 1.32. The molecule has 11 heteroatoms. The molecule has 10 nitrogen and oxygen atoms in total. The van der Waals surface area contributed by atoms with Crippen LogP contribution >= 0.6 is 11.8 Å². The van der Waals surface area contributed by atoms with Crippen LogP contribution in [0.15, 0.2) is 40.4 Å². The van der Waals surface area contributed by atoms with Gasteiger partial charge in [-0.25, -0.2) is 9.97 Å². The molecular formula is C30H42N8O2S. The van der Waals surface area contributed by atoms with Gasteiger partial charge in [0.15, 0.2) is 22.6 Å². The van der Waals surface area contributed by atoms with Gasteiger partial charge >= 0.3 is 0 Å². The number of anilines is 3. The number of ketones is 1. The summed E-state index contributed by atoms with van der Waals surface area (Å²) in [4.78, 5) is 29.9. The number of nitrogens with zero attached hydrogens (tertiary/aromatic N) is 6. The quantitative estimate of drug-likeness (QED) is 0.315. The normalized spacial score (nSPS) is 16.9. The number of benzene rings is 1. The van der Waals surface area contributed by atoms with Crippen molar-refractivity contribution in [3.05, 3.63) is 41.6 Å². The highest BCUT2D eigenvalue weighted by atomic mass is 32.2. The van der Waals surface area contributed by atoms with Crippen LogP contribution in [-0.2, 0) is 11.2 Å². The average Bonchev–Trinajstić information content (AvgIpc) is 3.20. The molecule has 1 aromatic carbocycles. The van der Waals surface area contributed by atoms with Crippen LogP contribution in [0.4, 0.5) is 17.5 Å². The Bertz CT molecular complexity index is 1280. The highest BCUT2D eigenvalue weighted by Gasteiger charge is 2.25. The molecule has 2 aromatic heterocycles. The number of nitrogens with one attached hydrogen (secondary N) is 2. The number of aromatic nitrogens is 4. The molecule has 2 aliphatic heterocycles. The molecule has 0 bridgehead atoms. The summed E-state index contributed by atoms with van der Waals surface area (Å²) in [6.07, 6.45) is 5.85. The van der Waals surface area contributed by atoms with Crippen molar-refractivity contribution in [1.29, 1.82) is 0 Å². The van der Waals surface area contributed by atoms with E-state index in [9.17, 15) is 4.79 Å². The van der Waals surface area contributed by atoms with Crippen molar-refractivity contribution in [3.8, 4) is 5.75 Å². The number of H-pyrrole nitrogens is 1. The molecule has 0 aliphatic carbocycles. The maximum Gasteiger partial charge on any atom is 0.204 e. The summed E-state index contributed by atoms with van der Waals surface area (Å²) in [5.74, 6) is 2.82. The molecule has 0 spiro atoms. The lowest BCUT2D eigenvalue weighted by Crippen LogP contribution is -2.49. The maximum absolute atomic E-state index is 11.5. The lowest BCUT2D eigenvalue weighted by atomic mass is 10.1. The topological polar surface area (TPSA) is 103 Å². The number of carbonyl (C=O) groups excluding carboxylic acids is 1. The van der Waals surface area contributed by atoms with Crippen molar-refractivity contribution >= 4 is 35.0 Å². The van der Waals surface area contributed by atoms with E-state index in [1.165, 1.54) is 50.5 Å². The van der Waals surface area contributed by atoms with Crippen LogP contribution < -0.4 is 15.0 Å². The van der Waals surface area contributed by atoms with Gasteiger partial charge in [0.1, 0.15) is 5.78 Å². The Hall–Kier alpha value is -3.15. The number of hydrogen-bond donors (Lipinski definition) is 2. The number of methoxy groups -OCH3 is 1. The molecule has 0 radical (unpaired) electrons. The van der Waals surface area contributed by atoms with Gasteiger partial charge in [0.25, 0.3) is 0 Å². The van der Waals surface area contributed by atoms with Gasteiger partial charge in [0.2, 0.25) is 5.75 Å². The van der Waals surface area contributed by atoms with Gasteiger partial charge in [-0.1, -0.05) is 25.0 Å². The first-order chi connectivity index (χ1) is 20.0. The van der Waals surface area contributed by atoms with E-state index in [1.807, 2.05) is 37.3 Å². The SMILES string of the molecule is COc1c(Nc2cc(C)[nH]n2)nc(Sc2ccc(CC(C)=O)cc2)nc1N1CCN(CCN2CCCCCC2)CC1. The average molecular weight is 579 g/mol. The second-order valence-corrected chi connectivity index (χ2v) is 12.0. The first-order valence-corrected chi connectivity index (χ1v) is 15.5. The monoisotopic (exact) mass is 578 g/mol. The zero-order valence-electron chi connectivity index (χ0n) is 24.5. The van der Waals surface area contributed by atoms with Crippen LogP contribution in [-0.4, -0.2) is 95.2 Å². The Morgan fingerprint density at radius 3 is 2.27 bits per heavy atom. The summed E-state index contributed by atoms with van der Waals surface area (Å²) in [5, 5.41) is 11.3. The van der Waals surface area contributed by atoms with Gasteiger partial charge in [-0.3, -0.25) is 14.8 Å². The van der Waals surface area contributed by atoms with Crippen molar-refractivity contribution in [1.82, 2.24) is 30.0 Å². The Morgan fingerprint density at radius 2 is 1.66 bits per heavy atom. The minimum absolute atomic E-state index is 0.153. The van der Waals surface area contributed by atoms with E-state index in [2.05, 4.69) is 30.2 Å². The minimum atomic E-state index is 0.153. The van der Waals surface area contributed by atoms with Crippen molar-refractivity contribution in [3.63, 3.8) is 0 Å². The van der Waals surface area contributed by atoms with Gasteiger partial charge in [-0.2, -0.15) is 5.10 Å². The summed E-state index contributed by atoms with van der Waals surface area (Å²) >= 11 is 1.50. The smallest absolute Gasteiger partial charge is 0.204 e. The zero-order chi connectivity index (χ0) is 28.6. The summed E-state index contributed by atoms with van der Waals surface area (Å²) in [6.45, 7) is 12.0. The molecule has 2 saturated heterocycles. The van der Waals surface area contributed by atoms with Crippen LogP contribution in [0.2, 0.25) is 0 Å². The number of Topliss-reactive ketones (excluding diaryl/α,β-unsaturated/α-hetero) is 1. The number of rotatable bonds is 11. The summed E-state index contributed by atoms with van der Waals surface area (Å²) in [6, 6.07) is 9.95. The number of aromatic amines is 1. The molecule has 4 heterocycles. The van der Waals surface area contributed by atoms with Crippen LogP contribution in [0.5, 0.6) is 5.75 Å². The van der Waals surface area contributed by atoms with Gasteiger partial charge in [-0.15, -0.1) is 0 Å². The fraction of sp³-hybridized carbons (Fsp3) is 0.533. The first kappa shape index (κ1) is 29.3. The number of piperazine rings is 1. The second kappa shape index (κ2) is 14.2. The lowest BCUT2D eigenvalue weighted by Gasteiger charge is -2.37. The Morgan fingerprint density at radius 1 is 0.976 bits per heavy atom. The summed E-state index contributed by atoms with van der Waals surface area (Å²) < 4.78 is 5.90. The third-order valence-electron chi connectivity index (χ3n) is 7.67. The molecular weight excluding hydrogens is 536 g/mol. The van der Waals surface area contributed by atoms with E-state index < -0.39 is 0 Å². The van der Waals surface area contributed by atoms with Crippen LogP contribution in [0.3, 0.4) is 0 Å². The van der Waals surface area contributed by atoms with E-state index in [4.69, 9.17) is 14.7 Å². The molecule has 2 fully saturated rings. The molecule has 5 rings (SSSR count). The first-order valence-electron chi connectivity index (χ1n) is 14.7. The van der Waals surface area contributed by atoms with Gasteiger partial charge in [0, 0.05) is 62.3 Å². The van der Waals surface area contributed by atoms with Crippen LogP contribution in [0.1, 0.15) is 43.9 Å². The van der Waals surface area contributed by atoms with Crippen LogP contribution in [0, 0.1) is 6.92 Å². The highest BCUT2D eigenvalue weighted by molar-refractivity contribution is 7.99. The summed E-state index contributed by atoms with van der Waals surface area (Å²) in [7, 11) is 1.67. The third kappa shape index (κ3) is 8.21. The number of ether oxygens (including phenoxy) is 1. The van der Waals surface area contributed by atoms with Crippen molar-refractivity contribution in [2.24, 2.45) is 0 Å². The predicted octanol–water partition coefficient (Wildman–Crippen LogP) is 4.54. The molecule has 2 N–H and O–H groups in total. The molecule has 2 aliphatic rings. The Labute approximate surface area is 247 Å². The molecule has 0 unspecified atom stereocenters. The van der Waals surface area contributed by atoms with E-state index in [1.54, 1.807) is 14.0 Å². The number of aryl methyl sites for hydroxylation is 1. The number of likely N-dealkylation sites (tertiary alicyclic amines) is 1. The standard InChI is InChI=1S/C30H42N8O2S/c1-22-20-26(35-34-22)31-28-27(40-3)29(33-30(32-28)41-25-10-8-24(9-11-25)21-23(2)39)38-18-16-37(17-19-38)15-14-36-12-6-4-5-7-13-36/h8-11,20H,4-7,12-19,21H2,1-3H3,(H2,31,32,33,34,35). The summed E-state index contributed by atoms with van der Waals surface area (Å²) in [5.41, 5.74) is 1.96. The van der Waals surface area contributed by atoms with Gasteiger partial charge in [0.05, 0.1) is 7.11 Å². The van der Waals surface area contributed by atoms with Gasteiger partial charge < -0.3 is 19.9 Å².